The van der Waals surface area contributed by atoms with Crippen molar-refractivity contribution in [2.45, 2.75) is 25.8 Å². The van der Waals surface area contributed by atoms with Crippen LogP contribution in [0.1, 0.15) is 18.4 Å². The third-order valence-electron chi connectivity index (χ3n) is 4.94. The van der Waals surface area contributed by atoms with Crippen molar-refractivity contribution in [3.05, 3.63) is 69.1 Å². The first kappa shape index (κ1) is 20.3. The van der Waals surface area contributed by atoms with E-state index in [1.54, 1.807) is 17.2 Å². The fourth-order valence-corrected chi connectivity index (χ4v) is 3.70. The first-order chi connectivity index (χ1) is 13.5. The molecule has 148 valence electrons. The number of aromatic nitrogens is 1. The SMILES string of the molecule is O=C(CCCc1ccccc1)N1CCN(C(=O)Cn2cc(Br)ccc2=O)CC1. The highest BCUT2D eigenvalue weighted by Gasteiger charge is 2.24. The quantitative estimate of drug-likeness (QED) is 0.685. The molecule has 1 saturated heterocycles. The molecule has 2 amide bonds. The van der Waals surface area contributed by atoms with E-state index in [0.29, 0.717) is 32.6 Å². The number of benzene rings is 1. The van der Waals surface area contributed by atoms with Gasteiger partial charge in [-0.15, -0.1) is 0 Å². The summed E-state index contributed by atoms with van der Waals surface area (Å²) < 4.78 is 2.15. The zero-order valence-electron chi connectivity index (χ0n) is 15.7. The third kappa shape index (κ3) is 5.55. The van der Waals surface area contributed by atoms with Crippen molar-refractivity contribution in [1.82, 2.24) is 14.4 Å². The molecule has 1 fully saturated rings. The number of halogens is 1. The monoisotopic (exact) mass is 445 g/mol. The molecule has 0 aliphatic carbocycles. The molecule has 28 heavy (non-hydrogen) atoms. The lowest BCUT2D eigenvalue weighted by atomic mass is 10.1. The molecule has 7 heteroatoms. The Balaban J connectivity index is 1.43. The minimum atomic E-state index is -0.205. The number of piperazine rings is 1. The van der Waals surface area contributed by atoms with Crippen LogP contribution in [0.5, 0.6) is 0 Å². The molecule has 0 N–H and O–H groups in total. The Hall–Kier alpha value is -2.41. The fraction of sp³-hybridized carbons (Fsp3) is 0.381. The molecule has 1 aromatic heterocycles. The number of hydrogen-bond donors (Lipinski definition) is 0. The Morgan fingerprint density at radius 2 is 1.54 bits per heavy atom. The molecule has 2 heterocycles. The number of hydrogen-bond acceptors (Lipinski definition) is 3. The molecule has 0 bridgehead atoms. The Morgan fingerprint density at radius 1 is 0.893 bits per heavy atom. The molecule has 0 unspecified atom stereocenters. The average Bonchev–Trinajstić information content (AvgIpc) is 2.71. The van der Waals surface area contributed by atoms with Crippen LogP contribution in [0.3, 0.4) is 0 Å². The zero-order chi connectivity index (χ0) is 19.9. The van der Waals surface area contributed by atoms with Gasteiger partial charge in [-0.25, -0.2) is 0 Å². The van der Waals surface area contributed by atoms with Gasteiger partial charge in [-0.3, -0.25) is 14.4 Å². The number of amides is 2. The van der Waals surface area contributed by atoms with Crippen LogP contribution >= 0.6 is 15.9 Å². The summed E-state index contributed by atoms with van der Waals surface area (Å²) in [5.41, 5.74) is 1.04. The normalized spacial score (nSPS) is 14.2. The molecule has 3 rings (SSSR count). The van der Waals surface area contributed by atoms with Crippen molar-refractivity contribution in [2.24, 2.45) is 0 Å². The maximum Gasteiger partial charge on any atom is 0.251 e. The predicted octanol–water partition coefficient (Wildman–Crippen LogP) is 2.30. The van der Waals surface area contributed by atoms with E-state index in [0.717, 1.165) is 17.3 Å². The highest BCUT2D eigenvalue weighted by Crippen LogP contribution is 2.10. The van der Waals surface area contributed by atoms with E-state index in [-0.39, 0.29) is 23.9 Å². The molecule has 1 aliphatic heterocycles. The van der Waals surface area contributed by atoms with E-state index in [9.17, 15) is 14.4 Å². The Bertz CT molecular complexity index is 874. The Morgan fingerprint density at radius 3 is 2.21 bits per heavy atom. The number of pyridine rings is 1. The fourth-order valence-electron chi connectivity index (χ4n) is 3.32. The van der Waals surface area contributed by atoms with E-state index in [2.05, 4.69) is 28.1 Å². The van der Waals surface area contributed by atoms with Crippen LogP contribution in [-0.2, 0) is 22.6 Å². The van der Waals surface area contributed by atoms with Gasteiger partial charge < -0.3 is 14.4 Å². The van der Waals surface area contributed by atoms with Crippen LogP contribution in [0.4, 0.5) is 0 Å². The van der Waals surface area contributed by atoms with Crippen LogP contribution < -0.4 is 5.56 Å². The maximum atomic E-state index is 12.5. The van der Waals surface area contributed by atoms with Gasteiger partial charge in [-0.05, 0) is 40.4 Å². The van der Waals surface area contributed by atoms with Crippen LogP contribution in [0.2, 0.25) is 0 Å². The van der Waals surface area contributed by atoms with Gasteiger partial charge in [0.25, 0.3) is 5.56 Å². The van der Waals surface area contributed by atoms with Gasteiger partial charge in [0.05, 0.1) is 0 Å². The van der Waals surface area contributed by atoms with E-state index < -0.39 is 0 Å². The maximum absolute atomic E-state index is 12.5. The topological polar surface area (TPSA) is 62.6 Å². The Kier molecular flexibility index (Phi) is 7.03. The molecule has 2 aromatic rings. The molecule has 6 nitrogen and oxygen atoms in total. The van der Waals surface area contributed by atoms with Crippen molar-refractivity contribution in [2.75, 3.05) is 26.2 Å². The van der Waals surface area contributed by atoms with Gasteiger partial charge in [0.15, 0.2) is 0 Å². The molecule has 0 radical (unpaired) electrons. The van der Waals surface area contributed by atoms with Crippen LogP contribution in [0, 0.1) is 0 Å². The molecule has 1 aromatic carbocycles. The van der Waals surface area contributed by atoms with Gasteiger partial charge in [0.1, 0.15) is 6.54 Å². The molecular formula is C21H24BrN3O3. The van der Waals surface area contributed by atoms with E-state index in [1.807, 2.05) is 23.1 Å². The van der Waals surface area contributed by atoms with E-state index >= 15 is 0 Å². The van der Waals surface area contributed by atoms with Gasteiger partial charge in [0.2, 0.25) is 11.8 Å². The summed E-state index contributed by atoms with van der Waals surface area (Å²) in [7, 11) is 0. The Labute approximate surface area is 172 Å². The minimum absolute atomic E-state index is 0.0172. The highest BCUT2D eigenvalue weighted by atomic mass is 79.9. The van der Waals surface area contributed by atoms with Crippen molar-refractivity contribution in [3.8, 4) is 0 Å². The smallest absolute Gasteiger partial charge is 0.251 e. The number of carbonyl (C=O) groups excluding carboxylic acids is 2. The van der Waals surface area contributed by atoms with Gasteiger partial charge in [-0.1, -0.05) is 30.3 Å². The van der Waals surface area contributed by atoms with Crippen molar-refractivity contribution in [1.29, 1.82) is 0 Å². The minimum Gasteiger partial charge on any atom is -0.339 e. The summed E-state index contributed by atoms with van der Waals surface area (Å²) in [4.78, 5) is 40.3. The molecular weight excluding hydrogens is 422 g/mol. The second kappa shape index (κ2) is 9.68. The predicted molar refractivity (Wildman–Crippen MR) is 111 cm³/mol. The largest absolute Gasteiger partial charge is 0.339 e. The summed E-state index contributed by atoms with van der Waals surface area (Å²) in [5, 5.41) is 0. The first-order valence-electron chi connectivity index (χ1n) is 9.48. The first-order valence-corrected chi connectivity index (χ1v) is 10.3. The van der Waals surface area contributed by atoms with E-state index in [4.69, 9.17) is 0 Å². The van der Waals surface area contributed by atoms with Crippen molar-refractivity contribution in [3.63, 3.8) is 0 Å². The van der Waals surface area contributed by atoms with Gasteiger partial charge >= 0.3 is 0 Å². The average molecular weight is 446 g/mol. The molecule has 0 saturated carbocycles. The van der Waals surface area contributed by atoms with Crippen molar-refractivity contribution < 1.29 is 9.59 Å². The summed E-state index contributed by atoms with van der Waals surface area (Å²) in [5.74, 6) is 0.0441. The van der Waals surface area contributed by atoms with Crippen LogP contribution in [-0.4, -0.2) is 52.4 Å². The standard InChI is InChI=1S/C21H24BrN3O3/c22-18-9-10-20(27)25(15-18)16-21(28)24-13-11-23(12-14-24)19(26)8-4-7-17-5-2-1-3-6-17/h1-3,5-6,9-10,15H,4,7-8,11-14,16H2. The van der Waals surface area contributed by atoms with Crippen molar-refractivity contribution >= 4 is 27.7 Å². The summed E-state index contributed by atoms with van der Waals surface area (Å²) in [6.45, 7) is 2.12. The second-order valence-corrected chi connectivity index (χ2v) is 7.83. The summed E-state index contributed by atoms with van der Waals surface area (Å²) in [6, 6.07) is 13.2. The number of aryl methyl sites for hydroxylation is 1. The van der Waals surface area contributed by atoms with Gasteiger partial charge in [0, 0.05) is 49.3 Å². The highest BCUT2D eigenvalue weighted by molar-refractivity contribution is 9.10. The molecule has 0 atom stereocenters. The van der Waals surface area contributed by atoms with Gasteiger partial charge in [-0.2, -0.15) is 0 Å². The summed E-state index contributed by atoms with van der Waals surface area (Å²) >= 11 is 3.31. The lowest BCUT2D eigenvalue weighted by Crippen LogP contribution is -2.51. The number of nitrogens with zero attached hydrogens (tertiary/aromatic N) is 3. The van der Waals surface area contributed by atoms with E-state index in [1.165, 1.54) is 16.2 Å². The number of carbonyl (C=O) groups is 2. The lowest BCUT2D eigenvalue weighted by molar-refractivity contribution is -0.140. The molecule has 1 aliphatic rings. The van der Waals surface area contributed by atoms with Crippen LogP contribution in [0.15, 0.2) is 57.9 Å². The van der Waals surface area contributed by atoms with Crippen LogP contribution in [0.25, 0.3) is 0 Å². The lowest BCUT2D eigenvalue weighted by Gasteiger charge is -2.35. The zero-order valence-corrected chi connectivity index (χ0v) is 17.3. The second-order valence-electron chi connectivity index (χ2n) is 6.91. The number of rotatable bonds is 6. The third-order valence-corrected chi connectivity index (χ3v) is 5.41. The summed E-state index contributed by atoms with van der Waals surface area (Å²) in [6.07, 6.45) is 3.86. The molecule has 0 spiro atoms.